The van der Waals surface area contributed by atoms with Crippen LogP contribution in [0.15, 0.2) is 18.2 Å². The Morgan fingerprint density at radius 3 is 2.91 bits per heavy atom. The molecule has 0 aromatic heterocycles. The maximum Gasteiger partial charge on any atom is 0.275 e. The van der Waals surface area contributed by atoms with Crippen molar-refractivity contribution >= 4 is 5.69 Å². The molecule has 11 heavy (non-hydrogen) atoms. The van der Waals surface area contributed by atoms with E-state index in [0.717, 1.165) is 0 Å². The average Bonchev–Trinajstić information content (AvgIpc) is 2.04. The van der Waals surface area contributed by atoms with Gasteiger partial charge in [0.2, 0.25) is 0 Å². The summed E-state index contributed by atoms with van der Waals surface area (Å²) in [6.45, 7) is -0.826. The van der Waals surface area contributed by atoms with Gasteiger partial charge in [-0.3, -0.25) is 10.1 Å². The van der Waals surface area contributed by atoms with E-state index in [1.807, 2.05) is 0 Å². The predicted molar refractivity (Wildman–Crippen MR) is 36.7 cm³/mol. The summed E-state index contributed by atoms with van der Waals surface area (Å²) in [5.74, 6) is 0. The molecular weight excluding hydrogens is 149 g/mol. The molecule has 0 aliphatic heterocycles. The summed E-state index contributed by atoms with van der Waals surface area (Å²) in [5.41, 5.74) is -0.122. The van der Waals surface area contributed by atoms with Gasteiger partial charge in [0, 0.05) is 6.07 Å². The normalized spacial score (nSPS) is 9.55. The van der Waals surface area contributed by atoms with Gasteiger partial charge in [-0.2, -0.15) is 0 Å². The van der Waals surface area contributed by atoms with Crippen LogP contribution in [0.4, 0.5) is 10.1 Å². The van der Waals surface area contributed by atoms with Crippen LogP contribution >= 0.6 is 0 Å². The molecule has 4 heteroatoms. The minimum absolute atomic E-state index is 0.0671. The number of nitrogens with zero attached hydrogens (tertiary/aromatic N) is 1. The summed E-state index contributed by atoms with van der Waals surface area (Å²) in [5, 5.41) is 10.2. The van der Waals surface area contributed by atoms with E-state index in [-0.39, 0.29) is 11.3 Å². The molecule has 0 unspecified atom stereocenters. The molecule has 1 aromatic rings. The summed E-state index contributed by atoms with van der Waals surface area (Å²) in [6, 6.07) is 6.46. The second-order valence-corrected chi connectivity index (χ2v) is 1.95. The zero-order valence-corrected chi connectivity index (χ0v) is 5.58. The lowest BCUT2D eigenvalue weighted by atomic mass is 10.2. The van der Waals surface area contributed by atoms with Crippen LogP contribution in [-0.2, 0) is 6.67 Å². The van der Waals surface area contributed by atoms with Crippen LogP contribution in [0.25, 0.3) is 0 Å². The number of rotatable bonds is 2. The van der Waals surface area contributed by atoms with E-state index in [4.69, 9.17) is 0 Å². The molecule has 0 aliphatic carbocycles. The number of alkyl halides is 1. The Balaban J connectivity index is 3.12. The van der Waals surface area contributed by atoms with Crippen molar-refractivity contribution in [2.45, 2.75) is 6.67 Å². The molecule has 0 aliphatic rings. The fourth-order valence-corrected chi connectivity index (χ4v) is 0.742. The summed E-state index contributed by atoms with van der Waals surface area (Å²) in [6.07, 6.45) is 0. The molecule has 0 atom stereocenters. The highest BCUT2D eigenvalue weighted by molar-refractivity contribution is 5.38. The Morgan fingerprint density at radius 2 is 2.45 bits per heavy atom. The van der Waals surface area contributed by atoms with Crippen molar-refractivity contribution in [1.82, 2.24) is 0 Å². The summed E-state index contributed by atoms with van der Waals surface area (Å²) >= 11 is 0. The van der Waals surface area contributed by atoms with Gasteiger partial charge in [-0.1, -0.05) is 0 Å². The van der Waals surface area contributed by atoms with Crippen molar-refractivity contribution in [1.29, 1.82) is 0 Å². The van der Waals surface area contributed by atoms with Gasteiger partial charge >= 0.3 is 0 Å². The van der Waals surface area contributed by atoms with Crippen LogP contribution in [0, 0.1) is 16.2 Å². The summed E-state index contributed by atoms with van der Waals surface area (Å²) in [4.78, 5) is 9.60. The van der Waals surface area contributed by atoms with Gasteiger partial charge in [0.15, 0.2) is 0 Å². The van der Waals surface area contributed by atoms with Crippen molar-refractivity contribution < 1.29 is 9.31 Å². The third kappa shape index (κ3) is 1.52. The van der Waals surface area contributed by atoms with Crippen LogP contribution in [0.3, 0.4) is 0 Å². The molecule has 1 rings (SSSR count). The molecule has 0 bridgehead atoms. The second kappa shape index (κ2) is 3.09. The molecular formula is C7H5FNO2. The van der Waals surface area contributed by atoms with E-state index < -0.39 is 11.6 Å². The lowest BCUT2D eigenvalue weighted by molar-refractivity contribution is -0.385. The van der Waals surface area contributed by atoms with Crippen molar-refractivity contribution in [3.63, 3.8) is 0 Å². The van der Waals surface area contributed by atoms with E-state index in [9.17, 15) is 14.5 Å². The largest absolute Gasteiger partial charge is 0.275 e. The summed E-state index contributed by atoms with van der Waals surface area (Å²) < 4.78 is 12.0. The first kappa shape index (κ1) is 7.65. The quantitative estimate of drug-likeness (QED) is 0.482. The summed E-state index contributed by atoms with van der Waals surface area (Å²) in [7, 11) is 0. The first-order valence-electron chi connectivity index (χ1n) is 2.95. The Labute approximate surface area is 62.6 Å². The maximum atomic E-state index is 12.0. The van der Waals surface area contributed by atoms with E-state index in [1.54, 1.807) is 0 Å². The van der Waals surface area contributed by atoms with Crippen LogP contribution < -0.4 is 0 Å². The molecule has 57 valence electrons. The average molecular weight is 154 g/mol. The van der Waals surface area contributed by atoms with Gasteiger partial charge in [-0.15, -0.1) is 0 Å². The van der Waals surface area contributed by atoms with E-state index >= 15 is 0 Å². The number of nitro benzene ring substituents is 1. The zero-order chi connectivity index (χ0) is 8.27. The highest BCUT2D eigenvalue weighted by Crippen LogP contribution is 2.17. The van der Waals surface area contributed by atoms with Gasteiger partial charge in [0.25, 0.3) is 5.69 Å². The molecule has 1 aromatic carbocycles. The van der Waals surface area contributed by atoms with E-state index in [0.29, 0.717) is 0 Å². The first-order valence-corrected chi connectivity index (χ1v) is 2.95. The molecule has 0 saturated carbocycles. The molecule has 3 nitrogen and oxygen atoms in total. The van der Waals surface area contributed by atoms with E-state index in [1.165, 1.54) is 18.2 Å². The van der Waals surface area contributed by atoms with Crippen molar-refractivity contribution in [3.8, 4) is 0 Å². The Kier molecular flexibility index (Phi) is 2.15. The number of hydrogen-bond acceptors (Lipinski definition) is 2. The molecule has 0 spiro atoms. The molecule has 0 heterocycles. The standard InChI is InChI=1S/C7H5FNO2/c8-5-6-3-1-2-4-7(6)9(10)11/h2-4H,5H2. The van der Waals surface area contributed by atoms with Crippen LogP contribution in [0.1, 0.15) is 5.56 Å². The van der Waals surface area contributed by atoms with Gasteiger partial charge in [0.05, 0.1) is 10.5 Å². The predicted octanol–water partition coefficient (Wildman–Crippen LogP) is 1.86. The van der Waals surface area contributed by atoms with Crippen LogP contribution in [-0.4, -0.2) is 4.92 Å². The van der Waals surface area contributed by atoms with Gasteiger partial charge in [-0.05, 0) is 18.2 Å². The fraction of sp³-hybridized carbons (Fsp3) is 0.143. The fourth-order valence-electron chi connectivity index (χ4n) is 0.742. The van der Waals surface area contributed by atoms with Crippen LogP contribution in [0.5, 0.6) is 0 Å². The SMILES string of the molecule is O=[N+]([O-])c1cc[c]cc1CF. The Morgan fingerprint density at radius 1 is 1.73 bits per heavy atom. The Hall–Kier alpha value is -1.45. The molecule has 0 amide bonds. The number of halogens is 1. The van der Waals surface area contributed by atoms with Crippen molar-refractivity contribution in [3.05, 3.63) is 39.9 Å². The first-order chi connectivity index (χ1) is 5.25. The van der Waals surface area contributed by atoms with Gasteiger partial charge in [0.1, 0.15) is 6.67 Å². The highest BCUT2D eigenvalue weighted by Gasteiger charge is 2.10. The number of benzene rings is 1. The lowest BCUT2D eigenvalue weighted by Gasteiger charge is -1.94. The molecule has 0 saturated heterocycles. The number of nitro groups is 1. The number of hydrogen-bond donors (Lipinski definition) is 0. The lowest BCUT2D eigenvalue weighted by Crippen LogP contribution is -1.92. The molecule has 1 radical (unpaired) electrons. The smallest absolute Gasteiger partial charge is 0.258 e. The third-order valence-corrected chi connectivity index (χ3v) is 1.26. The van der Waals surface area contributed by atoms with Gasteiger partial charge in [-0.25, -0.2) is 4.39 Å². The Bertz CT molecular complexity index is 275. The topological polar surface area (TPSA) is 43.1 Å². The van der Waals surface area contributed by atoms with Crippen molar-refractivity contribution in [2.75, 3.05) is 0 Å². The maximum absolute atomic E-state index is 12.0. The monoisotopic (exact) mass is 154 g/mol. The highest BCUT2D eigenvalue weighted by atomic mass is 19.1. The van der Waals surface area contributed by atoms with Crippen molar-refractivity contribution in [2.24, 2.45) is 0 Å². The molecule has 0 N–H and O–H groups in total. The second-order valence-electron chi connectivity index (χ2n) is 1.95. The van der Waals surface area contributed by atoms with Gasteiger partial charge < -0.3 is 0 Å². The third-order valence-electron chi connectivity index (χ3n) is 1.26. The van der Waals surface area contributed by atoms with E-state index in [2.05, 4.69) is 6.07 Å². The minimum Gasteiger partial charge on any atom is -0.258 e. The zero-order valence-electron chi connectivity index (χ0n) is 5.58. The minimum atomic E-state index is -0.826. The van der Waals surface area contributed by atoms with Crippen LogP contribution in [0.2, 0.25) is 0 Å². The molecule has 0 fully saturated rings.